The first-order chi connectivity index (χ1) is 16.8. The van der Waals surface area contributed by atoms with Gasteiger partial charge in [0, 0.05) is 17.7 Å². The van der Waals surface area contributed by atoms with Crippen molar-refractivity contribution in [1.82, 2.24) is 4.90 Å². The largest absolute Gasteiger partial charge is 0.497 e. The minimum atomic E-state index is -1.04. The summed E-state index contributed by atoms with van der Waals surface area (Å²) < 4.78 is 5.15. The van der Waals surface area contributed by atoms with E-state index in [1.54, 1.807) is 31.2 Å². The van der Waals surface area contributed by atoms with Gasteiger partial charge in [-0.05, 0) is 48.9 Å². The number of hydrogen-bond acceptors (Lipinski definition) is 6. The molecule has 2 atom stereocenters. The van der Waals surface area contributed by atoms with Crippen molar-refractivity contribution in [3.05, 3.63) is 100 Å². The molecule has 0 N–H and O–H groups in total. The predicted molar refractivity (Wildman–Crippen MR) is 128 cm³/mol. The zero-order chi connectivity index (χ0) is 25.1. The SMILES string of the molecule is COc1ccc(N2C(=O)CC(N(C(=O)c3ccc([N+](=O)[O-])cc3)C(C)c3ccccc3)C2=O)cc1. The molecule has 9 nitrogen and oxygen atoms in total. The number of anilines is 1. The lowest BCUT2D eigenvalue weighted by atomic mass is 10.0. The lowest BCUT2D eigenvalue weighted by Crippen LogP contribution is -2.46. The second kappa shape index (κ2) is 9.76. The quantitative estimate of drug-likeness (QED) is 0.290. The van der Waals surface area contributed by atoms with Crippen LogP contribution in [0.5, 0.6) is 5.75 Å². The summed E-state index contributed by atoms with van der Waals surface area (Å²) in [5, 5.41) is 11.0. The molecule has 0 bridgehead atoms. The van der Waals surface area contributed by atoms with Crippen LogP contribution in [-0.2, 0) is 9.59 Å². The van der Waals surface area contributed by atoms with E-state index in [4.69, 9.17) is 4.74 Å². The summed E-state index contributed by atoms with van der Waals surface area (Å²) in [7, 11) is 1.52. The highest BCUT2D eigenvalue weighted by atomic mass is 16.6. The average Bonchev–Trinajstić information content (AvgIpc) is 3.17. The van der Waals surface area contributed by atoms with Crippen LogP contribution < -0.4 is 9.64 Å². The van der Waals surface area contributed by atoms with E-state index in [0.717, 1.165) is 10.5 Å². The number of rotatable bonds is 7. The molecule has 4 rings (SSSR count). The van der Waals surface area contributed by atoms with Crippen LogP contribution >= 0.6 is 0 Å². The van der Waals surface area contributed by atoms with Crippen LogP contribution in [0.1, 0.15) is 35.3 Å². The minimum Gasteiger partial charge on any atom is -0.497 e. The number of methoxy groups -OCH3 is 1. The van der Waals surface area contributed by atoms with Gasteiger partial charge in [0.15, 0.2) is 0 Å². The molecule has 9 heteroatoms. The Balaban J connectivity index is 1.71. The second-order valence-corrected chi connectivity index (χ2v) is 8.09. The van der Waals surface area contributed by atoms with Gasteiger partial charge in [0.25, 0.3) is 17.5 Å². The van der Waals surface area contributed by atoms with E-state index in [0.29, 0.717) is 11.4 Å². The van der Waals surface area contributed by atoms with Crippen molar-refractivity contribution < 1.29 is 24.0 Å². The molecule has 3 aromatic carbocycles. The Morgan fingerprint density at radius 3 is 2.23 bits per heavy atom. The molecule has 0 aromatic heterocycles. The monoisotopic (exact) mass is 473 g/mol. The van der Waals surface area contributed by atoms with Crippen molar-refractivity contribution in [2.75, 3.05) is 12.0 Å². The van der Waals surface area contributed by atoms with E-state index < -0.39 is 34.7 Å². The van der Waals surface area contributed by atoms with Crippen molar-refractivity contribution in [1.29, 1.82) is 0 Å². The summed E-state index contributed by atoms with van der Waals surface area (Å²) in [6, 6.07) is 19.3. The maximum Gasteiger partial charge on any atom is 0.269 e. The molecule has 178 valence electrons. The smallest absolute Gasteiger partial charge is 0.269 e. The number of carbonyl (C=O) groups excluding carboxylic acids is 3. The van der Waals surface area contributed by atoms with Gasteiger partial charge < -0.3 is 9.64 Å². The predicted octanol–water partition coefficient (Wildman–Crippen LogP) is 4.14. The summed E-state index contributed by atoms with van der Waals surface area (Å²) in [4.78, 5) is 53.1. The summed E-state index contributed by atoms with van der Waals surface area (Å²) in [5.41, 5.74) is 1.20. The summed E-state index contributed by atoms with van der Waals surface area (Å²) in [5.74, 6) is -0.860. The first-order valence-corrected chi connectivity index (χ1v) is 10.9. The Hall–Kier alpha value is -4.53. The van der Waals surface area contributed by atoms with Crippen molar-refractivity contribution in [3.8, 4) is 5.75 Å². The molecule has 1 saturated heterocycles. The van der Waals surface area contributed by atoms with Gasteiger partial charge in [-0.3, -0.25) is 24.5 Å². The van der Waals surface area contributed by atoms with Gasteiger partial charge in [-0.15, -0.1) is 0 Å². The summed E-state index contributed by atoms with van der Waals surface area (Å²) in [6.07, 6.45) is -0.180. The fourth-order valence-electron chi connectivity index (χ4n) is 4.19. The standard InChI is InChI=1S/C26H23N3O6/c1-17(18-6-4-3-5-7-18)27(25(31)19-8-10-21(11-9-19)29(33)34)23-16-24(30)28(26(23)32)20-12-14-22(35-2)15-13-20/h3-15,17,23H,16H2,1-2H3. The molecular formula is C26H23N3O6. The molecule has 0 spiro atoms. The van der Waals surface area contributed by atoms with E-state index in [1.807, 2.05) is 30.3 Å². The maximum atomic E-state index is 13.7. The zero-order valence-corrected chi connectivity index (χ0v) is 19.2. The topological polar surface area (TPSA) is 110 Å². The highest BCUT2D eigenvalue weighted by Crippen LogP contribution is 2.33. The Kier molecular flexibility index (Phi) is 6.59. The third kappa shape index (κ3) is 4.61. The van der Waals surface area contributed by atoms with E-state index >= 15 is 0 Å². The molecule has 0 radical (unpaired) electrons. The number of nitrogens with zero attached hydrogens (tertiary/aromatic N) is 3. The Labute approximate surface area is 201 Å². The third-order valence-corrected chi connectivity index (χ3v) is 6.05. The first kappa shape index (κ1) is 23.6. The van der Waals surface area contributed by atoms with Gasteiger partial charge in [-0.25, -0.2) is 4.90 Å². The molecule has 3 amide bonds. The number of carbonyl (C=O) groups is 3. The summed E-state index contributed by atoms with van der Waals surface area (Å²) in [6.45, 7) is 1.78. The number of benzene rings is 3. The van der Waals surface area contributed by atoms with Crippen LogP contribution in [0.2, 0.25) is 0 Å². The maximum absolute atomic E-state index is 13.7. The van der Waals surface area contributed by atoms with Crippen molar-refractivity contribution in [2.45, 2.75) is 25.4 Å². The van der Waals surface area contributed by atoms with Crippen LogP contribution in [0.25, 0.3) is 0 Å². The molecule has 35 heavy (non-hydrogen) atoms. The molecule has 1 heterocycles. The normalized spacial score (nSPS) is 16.2. The minimum absolute atomic E-state index is 0.151. The van der Waals surface area contributed by atoms with Crippen LogP contribution in [0.4, 0.5) is 11.4 Å². The lowest BCUT2D eigenvalue weighted by Gasteiger charge is -2.33. The average molecular weight is 473 g/mol. The number of non-ortho nitro benzene ring substituents is 1. The van der Waals surface area contributed by atoms with Gasteiger partial charge >= 0.3 is 0 Å². The number of ether oxygens (including phenoxy) is 1. The molecule has 0 saturated carbocycles. The van der Waals surface area contributed by atoms with E-state index in [-0.39, 0.29) is 17.7 Å². The van der Waals surface area contributed by atoms with Crippen LogP contribution in [-0.4, -0.2) is 40.7 Å². The van der Waals surface area contributed by atoms with E-state index in [9.17, 15) is 24.5 Å². The van der Waals surface area contributed by atoms with Gasteiger partial charge in [0.2, 0.25) is 5.91 Å². The molecule has 1 aliphatic heterocycles. The van der Waals surface area contributed by atoms with Crippen molar-refractivity contribution in [3.63, 3.8) is 0 Å². The number of hydrogen-bond donors (Lipinski definition) is 0. The number of nitro benzene ring substituents is 1. The van der Waals surface area contributed by atoms with Gasteiger partial charge in [0.05, 0.1) is 30.2 Å². The summed E-state index contributed by atoms with van der Waals surface area (Å²) >= 11 is 0. The number of amides is 3. The van der Waals surface area contributed by atoms with Crippen LogP contribution in [0.15, 0.2) is 78.9 Å². The Bertz CT molecular complexity index is 1260. The fourth-order valence-corrected chi connectivity index (χ4v) is 4.19. The zero-order valence-electron chi connectivity index (χ0n) is 19.2. The van der Waals surface area contributed by atoms with E-state index in [1.165, 1.54) is 36.3 Å². The molecule has 2 unspecified atom stereocenters. The second-order valence-electron chi connectivity index (χ2n) is 8.09. The molecule has 0 aliphatic carbocycles. The first-order valence-electron chi connectivity index (χ1n) is 10.9. The fraction of sp³-hybridized carbons (Fsp3) is 0.192. The highest BCUT2D eigenvalue weighted by Gasteiger charge is 2.46. The molecule has 1 aliphatic rings. The van der Waals surface area contributed by atoms with Crippen molar-refractivity contribution >= 4 is 29.1 Å². The molecule has 3 aromatic rings. The number of nitro groups is 1. The van der Waals surface area contributed by atoms with Gasteiger partial charge in [-0.2, -0.15) is 0 Å². The Morgan fingerprint density at radius 2 is 1.66 bits per heavy atom. The lowest BCUT2D eigenvalue weighted by molar-refractivity contribution is -0.384. The third-order valence-electron chi connectivity index (χ3n) is 6.05. The van der Waals surface area contributed by atoms with Gasteiger partial charge in [-0.1, -0.05) is 30.3 Å². The van der Waals surface area contributed by atoms with Crippen molar-refractivity contribution in [2.24, 2.45) is 0 Å². The van der Waals surface area contributed by atoms with Crippen LogP contribution in [0, 0.1) is 10.1 Å². The van der Waals surface area contributed by atoms with Gasteiger partial charge in [0.1, 0.15) is 11.8 Å². The molecule has 1 fully saturated rings. The van der Waals surface area contributed by atoms with E-state index in [2.05, 4.69) is 0 Å². The Morgan fingerprint density at radius 1 is 1.03 bits per heavy atom. The highest BCUT2D eigenvalue weighted by molar-refractivity contribution is 6.23. The number of imide groups is 1. The molecular weight excluding hydrogens is 450 g/mol. The van der Waals surface area contributed by atoms with Crippen LogP contribution in [0.3, 0.4) is 0 Å².